The molecule has 1 saturated heterocycles. The minimum atomic E-state index is -4.05. The zero-order valence-electron chi connectivity index (χ0n) is 15.0. The molecule has 0 aromatic carbocycles. The van der Waals surface area contributed by atoms with Gasteiger partial charge in [0.15, 0.2) is 6.29 Å². The van der Waals surface area contributed by atoms with E-state index in [4.69, 9.17) is 9.47 Å². The van der Waals surface area contributed by atoms with Gasteiger partial charge in [-0.2, -0.15) is 13.2 Å². The Kier molecular flexibility index (Phi) is 8.35. The molecule has 0 amide bonds. The fraction of sp³-hybridized carbons (Fsp3) is 1.00. The quantitative estimate of drug-likeness (QED) is 0.483. The topological polar surface area (TPSA) is 18.5 Å². The molecule has 24 heavy (non-hydrogen) atoms. The maximum absolute atomic E-state index is 12.3. The fourth-order valence-electron chi connectivity index (χ4n) is 4.03. The van der Waals surface area contributed by atoms with Gasteiger partial charge in [0.25, 0.3) is 0 Å². The summed E-state index contributed by atoms with van der Waals surface area (Å²) in [5, 5.41) is 0. The van der Waals surface area contributed by atoms with Gasteiger partial charge >= 0.3 is 6.18 Å². The Morgan fingerprint density at radius 2 is 1.67 bits per heavy atom. The van der Waals surface area contributed by atoms with E-state index in [1.165, 1.54) is 38.5 Å². The molecule has 0 radical (unpaired) electrons. The first kappa shape index (κ1) is 20.0. The van der Waals surface area contributed by atoms with Crippen molar-refractivity contribution in [1.29, 1.82) is 0 Å². The molecule has 0 N–H and O–H groups in total. The minimum Gasteiger partial charge on any atom is -0.352 e. The lowest BCUT2D eigenvalue weighted by atomic mass is 9.79. The highest BCUT2D eigenvalue weighted by Gasteiger charge is 2.33. The fourth-order valence-corrected chi connectivity index (χ4v) is 4.03. The molecule has 0 spiro atoms. The van der Waals surface area contributed by atoms with Crippen molar-refractivity contribution in [2.75, 3.05) is 6.61 Å². The van der Waals surface area contributed by atoms with Crippen molar-refractivity contribution in [1.82, 2.24) is 0 Å². The molecule has 2 rings (SSSR count). The van der Waals surface area contributed by atoms with Crippen molar-refractivity contribution in [2.24, 2.45) is 11.8 Å². The highest BCUT2D eigenvalue weighted by Crippen LogP contribution is 2.37. The second-order valence-electron chi connectivity index (χ2n) is 7.57. The van der Waals surface area contributed by atoms with E-state index in [9.17, 15) is 13.2 Å². The largest absolute Gasteiger partial charge is 0.389 e. The number of halogens is 3. The van der Waals surface area contributed by atoms with Crippen LogP contribution in [0.5, 0.6) is 0 Å². The molecule has 1 aliphatic carbocycles. The summed E-state index contributed by atoms with van der Waals surface area (Å²) in [6.07, 6.45) is 6.40. The lowest BCUT2D eigenvalue weighted by Crippen LogP contribution is -2.39. The summed E-state index contributed by atoms with van der Waals surface area (Å²) in [5.41, 5.74) is 0. The van der Waals surface area contributed by atoms with Gasteiger partial charge in [-0.05, 0) is 50.9 Å². The standard InChI is InChI=1S/C19H33F3O2/c1-2-3-4-6-15-8-10-16(11-9-15)18-23-14-12-17(24-18)7-5-13-19(20,21)22/h15-18H,2-14H2,1H3. The van der Waals surface area contributed by atoms with Crippen molar-refractivity contribution < 1.29 is 22.6 Å². The normalized spacial score (nSPS) is 32.0. The predicted molar refractivity (Wildman–Crippen MR) is 88.7 cm³/mol. The van der Waals surface area contributed by atoms with E-state index in [0.29, 0.717) is 18.9 Å². The summed E-state index contributed by atoms with van der Waals surface area (Å²) >= 11 is 0. The van der Waals surface area contributed by atoms with Crippen molar-refractivity contribution in [3.8, 4) is 0 Å². The van der Waals surface area contributed by atoms with Crippen molar-refractivity contribution in [3.05, 3.63) is 0 Å². The maximum atomic E-state index is 12.3. The summed E-state index contributed by atoms with van der Waals surface area (Å²) in [6, 6.07) is 0. The molecule has 2 nitrogen and oxygen atoms in total. The van der Waals surface area contributed by atoms with Gasteiger partial charge in [-0.3, -0.25) is 0 Å². The van der Waals surface area contributed by atoms with Crippen LogP contribution in [-0.2, 0) is 9.47 Å². The minimum absolute atomic E-state index is 0.0617. The SMILES string of the molecule is CCCCCC1CCC(C2OCCC(CCCC(F)(F)F)O2)CC1. The average Bonchev–Trinajstić information content (AvgIpc) is 2.55. The van der Waals surface area contributed by atoms with E-state index in [-0.39, 0.29) is 18.8 Å². The number of rotatable bonds is 8. The zero-order chi connectivity index (χ0) is 17.4. The molecule has 5 heteroatoms. The van der Waals surface area contributed by atoms with E-state index in [0.717, 1.165) is 25.2 Å². The zero-order valence-corrected chi connectivity index (χ0v) is 15.0. The third-order valence-electron chi connectivity index (χ3n) is 5.53. The van der Waals surface area contributed by atoms with Gasteiger partial charge in [0.2, 0.25) is 0 Å². The van der Waals surface area contributed by atoms with E-state index in [2.05, 4.69) is 6.92 Å². The highest BCUT2D eigenvalue weighted by atomic mass is 19.4. The van der Waals surface area contributed by atoms with Crippen LogP contribution in [0.3, 0.4) is 0 Å². The Balaban J connectivity index is 1.65. The number of alkyl halides is 3. The molecule has 1 heterocycles. The van der Waals surface area contributed by atoms with Crippen LogP contribution in [-0.4, -0.2) is 25.2 Å². The molecule has 2 fully saturated rings. The number of unbranched alkanes of at least 4 members (excludes halogenated alkanes) is 2. The molecular formula is C19H33F3O2. The van der Waals surface area contributed by atoms with E-state index >= 15 is 0 Å². The van der Waals surface area contributed by atoms with Crippen LogP contribution < -0.4 is 0 Å². The number of ether oxygens (including phenoxy) is 2. The average molecular weight is 350 g/mol. The second kappa shape index (κ2) is 10.0. The summed E-state index contributed by atoms with van der Waals surface area (Å²) in [5.74, 6) is 1.27. The monoisotopic (exact) mass is 350 g/mol. The Labute approximate surface area is 144 Å². The van der Waals surface area contributed by atoms with Crippen LogP contribution in [0.1, 0.15) is 84.0 Å². The Morgan fingerprint density at radius 1 is 0.917 bits per heavy atom. The summed E-state index contributed by atoms with van der Waals surface area (Å²) in [7, 11) is 0. The Bertz CT molecular complexity index is 338. The Hall–Kier alpha value is -0.290. The van der Waals surface area contributed by atoms with Gasteiger partial charge < -0.3 is 9.47 Å². The van der Waals surface area contributed by atoms with E-state index < -0.39 is 12.6 Å². The third-order valence-corrected chi connectivity index (χ3v) is 5.53. The van der Waals surface area contributed by atoms with Gasteiger partial charge in [-0.1, -0.05) is 32.6 Å². The molecule has 0 aromatic rings. The maximum Gasteiger partial charge on any atom is 0.389 e. The van der Waals surface area contributed by atoms with Crippen LogP contribution in [0.2, 0.25) is 0 Å². The molecule has 2 atom stereocenters. The van der Waals surface area contributed by atoms with Crippen LogP contribution in [0, 0.1) is 11.8 Å². The van der Waals surface area contributed by atoms with Gasteiger partial charge in [0.05, 0.1) is 12.7 Å². The summed E-state index contributed by atoms with van der Waals surface area (Å²) in [4.78, 5) is 0. The first-order chi connectivity index (χ1) is 11.5. The summed E-state index contributed by atoms with van der Waals surface area (Å²) in [6.45, 7) is 2.86. The predicted octanol–water partition coefficient (Wildman–Crippen LogP) is 6.24. The van der Waals surface area contributed by atoms with Crippen molar-refractivity contribution in [2.45, 2.75) is 103 Å². The van der Waals surface area contributed by atoms with Crippen LogP contribution >= 0.6 is 0 Å². The number of hydrogen-bond donors (Lipinski definition) is 0. The molecule has 2 unspecified atom stereocenters. The van der Waals surface area contributed by atoms with Gasteiger partial charge in [0, 0.05) is 12.3 Å². The molecule has 0 bridgehead atoms. The van der Waals surface area contributed by atoms with Gasteiger partial charge in [-0.15, -0.1) is 0 Å². The lowest BCUT2D eigenvalue weighted by molar-refractivity contribution is -0.242. The molecule has 2 aliphatic rings. The van der Waals surface area contributed by atoms with Crippen molar-refractivity contribution in [3.63, 3.8) is 0 Å². The Morgan fingerprint density at radius 3 is 2.33 bits per heavy atom. The first-order valence-corrected chi connectivity index (χ1v) is 9.81. The third kappa shape index (κ3) is 7.30. The number of hydrogen-bond acceptors (Lipinski definition) is 2. The molecule has 142 valence electrons. The molecular weight excluding hydrogens is 317 g/mol. The highest BCUT2D eigenvalue weighted by molar-refractivity contribution is 4.77. The van der Waals surface area contributed by atoms with E-state index in [1.54, 1.807) is 0 Å². The summed E-state index contributed by atoms with van der Waals surface area (Å²) < 4.78 is 48.5. The van der Waals surface area contributed by atoms with Crippen LogP contribution in [0.4, 0.5) is 13.2 Å². The lowest BCUT2D eigenvalue weighted by Gasteiger charge is -2.38. The molecule has 1 saturated carbocycles. The van der Waals surface area contributed by atoms with Crippen molar-refractivity contribution >= 4 is 0 Å². The van der Waals surface area contributed by atoms with E-state index in [1.807, 2.05) is 0 Å². The van der Waals surface area contributed by atoms with Gasteiger partial charge in [-0.25, -0.2) is 0 Å². The molecule has 1 aliphatic heterocycles. The van der Waals surface area contributed by atoms with Crippen LogP contribution in [0.25, 0.3) is 0 Å². The van der Waals surface area contributed by atoms with Crippen LogP contribution in [0.15, 0.2) is 0 Å². The smallest absolute Gasteiger partial charge is 0.352 e. The second-order valence-corrected chi connectivity index (χ2v) is 7.57. The molecule has 0 aromatic heterocycles. The van der Waals surface area contributed by atoms with Gasteiger partial charge in [0.1, 0.15) is 0 Å². The first-order valence-electron chi connectivity index (χ1n) is 9.81.